The van der Waals surface area contributed by atoms with Crippen molar-refractivity contribution < 1.29 is 9.59 Å². The highest BCUT2D eigenvalue weighted by molar-refractivity contribution is 5.92. The van der Waals surface area contributed by atoms with Crippen molar-refractivity contribution in [3.63, 3.8) is 0 Å². The van der Waals surface area contributed by atoms with Crippen LogP contribution in [0.4, 0.5) is 10.5 Å². The number of amides is 3. The lowest BCUT2D eigenvalue weighted by Gasteiger charge is -2.29. The Morgan fingerprint density at radius 1 is 1.07 bits per heavy atom. The first-order valence-corrected chi connectivity index (χ1v) is 10.4. The van der Waals surface area contributed by atoms with E-state index in [1.54, 1.807) is 4.90 Å². The molecule has 158 valence electrons. The number of aryl methyl sites for hydroxylation is 1. The molecule has 0 aliphatic heterocycles. The molecule has 0 aliphatic rings. The minimum atomic E-state index is -0.243. The lowest BCUT2D eigenvalue weighted by Crippen LogP contribution is -2.46. The van der Waals surface area contributed by atoms with Gasteiger partial charge in [-0.1, -0.05) is 45.4 Å². The van der Waals surface area contributed by atoms with Crippen LogP contribution in [0.15, 0.2) is 48.7 Å². The molecule has 0 fully saturated rings. The molecule has 0 bridgehead atoms. The normalized spacial score (nSPS) is 10.8. The Hall–Kier alpha value is -2.76. The van der Waals surface area contributed by atoms with Crippen LogP contribution in [0.2, 0.25) is 0 Å². The number of urea groups is 1. The molecule has 1 heterocycles. The Kier molecular flexibility index (Phi) is 8.77. The summed E-state index contributed by atoms with van der Waals surface area (Å²) >= 11 is 0. The van der Waals surface area contributed by atoms with Crippen LogP contribution in [-0.2, 0) is 18.4 Å². The van der Waals surface area contributed by atoms with E-state index >= 15 is 0 Å². The summed E-state index contributed by atoms with van der Waals surface area (Å²) in [4.78, 5) is 29.4. The van der Waals surface area contributed by atoms with Crippen molar-refractivity contribution in [2.45, 2.75) is 40.2 Å². The molecule has 2 aromatic rings. The molecule has 3 amide bonds. The first-order chi connectivity index (χ1) is 13.9. The number of rotatable bonds is 10. The summed E-state index contributed by atoms with van der Waals surface area (Å²) in [5, 5.41) is 2.90. The highest BCUT2D eigenvalue weighted by Crippen LogP contribution is 2.11. The summed E-state index contributed by atoms with van der Waals surface area (Å²) in [5.74, 6) is 0.241. The van der Waals surface area contributed by atoms with E-state index in [0.29, 0.717) is 19.6 Å². The Morgan fingerprint density at radius 3 is 2.38 bits per heavy atom. The van der Waals surface area contributed by atoms with E-state index in [4.69, 9.17) is 0 Å². The van der Waals surface area contributed by atoms with Gasteiger partial charge >= 0.3 is 6.03 Å². The average Bonchev–Trinajstić information content (AvgIpc) is 3.09. The monoisotopic (exact) mass is 398 g/mol. The molecule has 6 nitrogen and oxygen atoms in total. The molecule has 0 atom stereocenters. The van der Waals surface area contributed by atoms with Gasteiger partial charge in [0.05, 0.1) is 6.54 Å². The smallest absolute Gasteiger partial charge is 0.322 e. The molecule has 1 aromatic carbocycles. The number of benzene rings is 1. The number of hydrogen-bond acceptors (Lipinski definition) is 2. The molecule has 0 saturated heterocycles. The predicted molar refractivity (Wildman–Crippen MR) is 118 cm³/mol. The maximum atomic E-state index is 13.1. The second kappa shape index (κ2) is 11.3. The maximum Gasteiger partial charge on any atom is 0.322 e. The van der Waals surface area contributed by atoms with Crippen LogP contribution in [0, 0.1) is 5.92 Å². The molecule has 0 radical (unpaired) electrons. The molecular weight excluding hydrogens is 364 g/mol. The van der Waals surface area contributed by atoms with Gasteiger partial charge in [0, 0.05) is 37.7 Å². The van der Waals surface area contributed by atoms with E-state index in [1.807, 2.05) is 79.0 Å². The van der Waals surface area contributed by atoms with Crippen molar-refractivity contribution in [1.29, 1.82) is 0 Å². The first kappa shape index (κ1) is 22.5. The third-order valence-corrected chi connectivity index (χ3v) is 4.76. The summed E-state index contributed by atoms with van der Waals surface area (Å²) in [7, 11) is 1.98. The van der Waals surface area contributed by atoms with Crippen LogP contribution in [0.3, 0.4) is 0 Å². The lowest BCUT2D eigenvalue weighted by atomic mass is 10.2. The highest BCUT2D eigenvalue weighted by Gasteiger charge is 2.22. The molecule has 0 spiro atoms. The van der Waals surface area contributed by atoms with Crippen molar-refractivity contribution in [3.8, 4) is 0 Å². The highest BCUT2D eigenvalue weighted by atomic mass is 16.2. The van der Waals surface area contributed by atoms with E-state index in [2.05, 4.69) is 12.2 Å². The van der Waals surface area contributed by atoms with Crippen molar-refractivity contribution in [2.24, 2.45) is 13.0 Å². The maximum absolute atomic E-state index is 13.1. The number of carbonyl (C=O) groups excluding carboxylic acids is 2. The van der Waals surface area contributed by atoms with Crippen molar-refractivity contribution in [1.82, 2.24) is 14.4 Å². The molecule has 1 aromatic heterocycles. The van der Waals surface area contributed by atoms with Gasteiger partial charge in [-0.05, 0) is 36.6 Å². The van der Waals surface area contributed by atoms with E-state index in [9.17, 15) is 9.59 Å². The Labute approximate surface area is 174 Å². The number of unbranched alkanes of at least 4 members (excludes halogenated alkanes) is 1. The van der Waals surface area contributed by atoms with Gasteiger partial charge in [-0.2, -0.15) is 0 Å². The van der Waals surface area contributed by atoms with E-state index in [-0.39, 0.29) is 24.4 Å². The number of carbonyl (C=O) groups is 2. The van der Waals surface area contributed by atoms with Crippen LogP contribution < -0.4 is 5.32 Å². The van der Waals surface area contributed by atoms with Gasteiger partial charge in [-0.3, -0.25) is 4.79 Å². The SMILES string of the molecule is CCCCN(Cc1cccn1C)C(=O)CN(CC(C)C)C(=O)Nc1ccccc1. The van der Waals surface area contributed by atoms with E-state index < -0.39 is 0 Å². The summed E-state index contributed by atoms with van der Waals surface area (Å²) in [5.41, 5.74) is 1.81. The first-order valence-electron chi connectivity index (χ1n) is 10.4. The van der Waals surface area contributed by atoms with Gasteiger partial charge < -0.3 is 19.7 Å². The van der Waals surface area contributed by atoms with Gasteiger partial charge in [0.15, 0.2) is 0 Å². The van der Waals surface area contributed by atoms with Crippen LogP contribution >= 0.6 is 0 Å². The second-order valence-electron chi connectivity index (χ2n) is 7.85. The predicted octanol–water partition coefficient (Wildman–Crippen LogP) is 4.34. The number of anilines is 1. The van der Waals surface area contributed by atoms with Crippen LogP contribution in [-0.4, -0.2) is 45.9 Å². The van der Waals surface area contributed by atoms with Gasteiger partial charge in [0.2, 0.25) is 5.91 Å². The van der Waals surface area contributed by atoms with E-state index in [1.165, 1.54) is 0 Å². The molecule has 0 aliphatic carbocycles. The molecule has 2 rings (SSSR count). The minimum absolute atomic E-state index is 0.0245. The molecule has 29 heavy (non-hydrogen) atoms. The topological polar surface area (TPSA) is 57.6 Å². The molecule has 0 saturated carbocycles. The Balaban J connectivity index is 2.09. The Morgan fingerprint density at radius 2 is 1.79 bits per heavy atom. The van der Waals surface area contributed by atoms with E-state index in [0.717, 1.165) is 24.2 Å². The zero-order valence-corrected chi connectivity index (χ0v) is 18.1. The average molecular weight is 399 g/mol. The fraction of sp³-hybridized carbons (Fsp3) is 0.478. The number of para-hydroxylation sites is 1. The second-order valence-corrected chi connectivity index (χ2v) is 7.85. The number of nitrogens with one attached hydrogen (secondary N) is 1. The summed E-state index contributed by atoms with van der Waals surface area (Å²) in [6, 6.07) is 13.1. The summed E-state index contributed by atoms with van der Waals surface area (Å²) in [6.45, 7) is 8.05. The van der Waals surface area contributed by atoms with Crippen molar-refractivity contribution in [3.05, 3.63) is 54.4 Å². The van der Waals surface area contributed by atoms with Crippen LogP contribution in [0.25, 0.3) is 0 Å². The minimum Gasteiger partial charge on any atom is -0.353 e. The van der Waals surface area contributed by atoms with Gasteiger partial charge in [0.1, 0.15) is 6.54 Å². The third kappa shape index (κ3) is 7.29. The van der Waals surface area contributed by atoms with Gasteiger partial charge in [0.25, 0.3) is 0 Å². The largest absolute Gasteiger partial charge is 0.353 e. The van der Waals surface area contributed by atoms with Gasteiger partial charge in [-0.15, -0.1) is 0 Å². The Bertz CT molecular complexity index is 770. The standard InChI is InChI=1S/C23H34N4O2/c1-5-6-15-26(17-21-13-10-14-25(21)4)22(28)18-27(16-19(2)3)23(29)24-20-11-8-7-9-12-20/h7-14,19H,5-6,15-18H2,1-4H3,(H,24,29). The quantitative estimate of drug-likeness (QED) is 0.647. The summed E-state index contributed by atoms with van der Waals surface area (Å²) < 4.78 is 2.03. The summed E-state index contributed by atoms with van der Waals surface area (Å²) in [6.07, 6.45) is 3.94. The third-order valence-electron chi connectivity index (χ3n) is 4.76. The number of hydrogen-bond donors (Lipinski definition) is 1. The zero-order valence-electron chi connectivity index (χ0n) is 18.1. The molecular formula is C23H34N4O2. The fourth-order valence-corrected chi connectivity index (χ4v) is 3.14. The van der Waals surface area contributed by atoms with Gasteiger partial charge in [-0.25, -0.2) is 4.79 Å². The lowest BCUT2D eigenvalue weighted by molar-refractivity contribution is -0.132. The van der Waals surface area contributed by atoms with Crippen LogP contribution in [0.5, 0.6) is 0 Å². The zero-order chi connectivity index (χ0) is 21.2. The van der Waals surface area contributed by atoms with Crippen LogP contribution in [0.1, 0.15) is 39.3 Å². The number of nitrogens with zero attached hydrogens (tertiary/aromatic N) is 3. The molecule has 6 heteroatoms. The van der Waals surface area contributed by atoms with Crippen molar-refractivity contribution >= 4 is 17.6 Å². The molecule has 0 unspecified atom stereocenters. The fourth-order valence-electron chi connectivity index (χ4n) is 3.14. The molecule has 1 N–H and O–H groups in total. The van der Waals surface area contributed by atoms with Crippen molar-refractivity contribution in [2.75, 3.05) is 25.0 Å². The number of aromatic nitrogens is 1.